The Kier molecular flexibility index (Phi) is 18.6. The van der Waals surface area contributed by atoms with Crippen LogP contribution in [0.3, 0.4) is 0 Å². The number of hydrogen-bond donors (Lipinski definition) is 1. The number of likely N-dealkylation sites (N-methyl/N-ethyl adjacent to an activating group) is 1. The fourth-order valence-corrected chi connectivity index (χ4v) is 6.08. The highest BCUT2D eigenvalue weighted by molar-refractivity contribution is 5.78. The van der Waals surface area contributed by atoms with Crippen LogP contribution in [0.4, 0.5) is 4.53 Å². The standard InChI is InChI=1S/C24H46N2O4.C9H12FNO2/c1-10-18(6)23(25(7)21(27)14-16(2)3)20(29-8)15-22(28)26-13-11-12-19(26)24(30-9)17(4)5;10-13-9(6-11-7-12)8-4-2-1-3-5-8/h16-20,23-24H,10-15H2,1-9H3;2,4-5,7,9H,1,3,6H2,(H,11,12)/t18?,19-,20?,23?,24?;/m0./s1. The van der Waals surface area contributed by atoms with Gasteiger partial charge in [-0.2, -0.15) is 4.94 Å². The van der Waals surface area contributed by atoms with Gasteiger partial charge in [0.2, 0.25) is 18.2 Å². The first kappa shape index (κ1) is 38.7. The average molecular weight is 612 g/mol. The van der Waals surface area contributed by atoms with E-state index in [2.05, 4.69) is 51.8 Å². The van der Waals surface area contributed by atoms with Crippen LogP contribution in [0.15, 0.2) is 23.8 Å². The minimum Gasteiger partial charge on any atom is -0.379 e. The van der Waals surface area contributed by atoms with Crippen molar-refractivity contribution >= 4 is 18.2 Å². The van der Waals surface area contributed by atoms with Crippen molar-refractivity contribution in [2.75, 3.05) is 34.4 Å². The van der Waals surface area contributed by atoms with Crippen LogP contribution in [0.5, 0.6) is 0 Å². The summed E-state index contributed by atoms with van der Waals surface area (Å²) >= 11 is 0. The molecule has 9 nitrogen and oxygen atoms in total. The van der Waals surface area contributed by atoms with Crippen molar-refractivity contribution in [3.63, 3.8) is 0 Å². The zero-order chi connectivity index (χ0) is 32.5. The van der Waals surface area contributed by atoms with Crippen molar-refractivity contribution in [3.05, 3.63) is 23.8 Å². The largest absolute Gasteiger partial charge is 0.379 e. The summed E-state index contributed by atoms with van der Waals surface area (Å²) in [7, 11) is 5.25. The van der Waals surface area contributed by atoms with Crippen LogP contribution in [-0.2, 0) is 28.8 Å². The highest BCUT2D eigenvalue weighted by Crippen LogP contribution is 2.29. The molecule has 10 heteroatoms. The third kappa shape index (κ3) is 12.3. The summed E-state index contributed by atoms with van der Waals surface area (Å²) in [6.07, 6.45) is 10.8. The van der Waals surface area contributed by atoms with E-state index in [1.165, 1.54) is 0 Å². The van der Waals surface area contributed by atoms with Crippen LogP contribution in [0.2, 0.25) is 0 Å². The Hall–Kier alpha value is -2.30. The molecule has 0 aromatic rings. The number of carbonyl (C=O) groups is 3. The Balaban J connectivity index is 0.000000589. The summed E-state index contributed by atoms with van der Waals surface area (Å²) in [5, 5.41) is 2.38. The van der Waals surface area contributed by atoms with E-state index in [1.54, 1.807) is 14.2 Å². The van der Waals surface area contributed by atoms with Gasteiger partial charge in [0.1, 0.15) is 6.10 Å². The smallest absolute Gasteiger partial charge is 0.225 e. The summed E-state index contributed by atoms with van der Waals surface area (Å²) in [5.41, 5.74) is 0.781. The lowest BCUT2D eigenvalue weighted by atomic mass is 9.90. The Labute approximate surface area is 259 Å². The molecule has 2 aliphatic rings. The number of rotatable bonds is 17. The number of allylic oxidation sites excluding steroid dienone is 2. The number of carbonyl (C=O) groups excluding carboxylic acids is 3. The molecule has 1 fully saturated rings. The lowest BCUT2D eigenvalue weighted by Gasteiger charge is -2.39. The summed E-state index contributed by atoms with van der Waals surface area (Å²) in [5.74, 6) is 1.10. The minimum absolute atomic E-state index is 0.0399. The molecule has 1 aliphatic heterocycles. The quantitative estimate of drug-likeness (QED) is 0.226. The third-order valence-corrected chi connectivity index (χ3v) is 8.53. The molecule has 43 heavy (non-hydrogen) atoms. The zero-order valence-corrected chi connectivity index (χ0v) is 28.0. The maximum atomic E-state index is 13.3. The number of methoxy groups -OCH3 is 2. The van der Waals surface area contributed by atoms with Gasteiger partial charge in [0, 0.05) is 34.2 Å². The molecule has 5 unspecified atom stereocenters. The second-order valence-corrected chi connectivity index (χ2v) is 12.5. The van der Waals surface area contributed by atoms with Gasteiger partial charge in [-0.05, 0) is 53.5 Å². The molecule has 2 rings (SSSR count). The molecule has 0 spiro atoms. The van der Waals surface area contributed by atoms with E-state index in [4.69, 9.17) is 9.47 Å². The van der Waals surface area contributed by atoms with Crippen molar-refractivity contribution < 1.29 is 33.3 Å². The van der Waals surface area contributed by atoms with Crippen LogP contribution < -0.4 is 5.32 Å². The van der Waals surface area contributed by atoms with E-state index in [0.717, 1.165) is 44.2 Å². The average Bonchev–Trinajstić information content (AvgIpc) is 3.47. The summed E-state index contributed by atoms with van der Waals surface area (Å²) < 4.78 is 23.6. The molecule has 1 N–H and O–H groups in total. The number of halogens is 1. The van der Waals surface area contributed by atoms with Gasteiger partial charge >= 0.3 is 0 Å². The monoisotopic (exact) mass is 611 g/mol. The van der Waals surface area contributed by atoms with Crippen LogP contribution in [-0.4, -0.2) is 92.8 Å². The zero-order valence-electron chi connectivity index (χ0n) is 28.0. The fourth-order valence-electron chi connectivity index (χ4n) is 6.08. The van der Waals surface area contributed by atoms with Gasteiger partial charge in [-0.1, -0.05) is 66.2 Å². The van der Waals surface area contributed by atoms with Crippen molar-refractivity contribution in [2.45, 2.75) is 117 Å². The van der Waals surface area contributed by atoms with Gasteiger partial charge in [-0.3, -0.25) is 14.4 Å². The number of hydrogen-bond acceptors (Lipinski definition) is 6. The maximum absolute atomic E-state index is 13.3. The number of amides is 3. The van der Waals surface area contributed by atoms with Crippen LogP contribution in [0.25, 0.3) is 0 Å². The van der Waals surface area contributed by atoms with Crippen molar-refractivity contribution in [2.24, 2.45) is 17.8 Å². The molecule has 3 amide bonds. The molecule has 248 valence electrons. The molecular weight excluding hydrogens is 553 g/mol. The number of nitrogens with zero attached hydrogens (tertiary/aromatic N) is 2. The van der Waals surface area contributed by atoms with E-state index in [9.17, 15) is 18.9 Å². The highest BCUT2D eigenvalue weighted by atomic mass is 19.3. The molecule has 0 saturated carbocycles. The Morgan fingerprint density at radius 2 is 1.84 bits per heavy atom. The lowest BCUT2D eigenvalue weighted by molar-refractivity contribution is -0.163. The molecule has 1 aliphatic carbocycles. The summed E-state index contributed by atoms with van der Waals surface area (Å²) in [6, 6.07) is -0.0121. The molecule has 0 aromatic carbocycles. The molecule has 1 saturated heterocycles. The van der Waals surface area contributed by atoms with E-state index < -0.39 is 6.10 Å². The number of likely N-dealkylation sites (tertiary alicyclic amines) is 1. The molecule has 0 radical (unpaired) electrons. The molecule has 1 heterocycles. The van der Waals surface area contributed by atoms with Gasteiger partial charge in [0.05, 0.1) is 37.3 Å². The topological polar surface area (TPSA) is 97.4 Å². The molecule has 0 bridgehead atoms. The fraction of sp³-hybridized carbons (Fsp3) is 0.788. The second kappa shape index (κ2) is 20.6. The van der Waals surface area contributed by atoms with Gasteiger partial charge in [0.25, 0.3) is 0 Å². The Morgan fingerprint density at radius 1 is 1.14 bits per heavy atom. The van der Waals surface area contributed by atoms with Gasteiger partial charge in [-0.25, -0.2) is 0 Å². The minimum atomic E-state index is -0.679. The maximum Gasteiger partial charge on any atom is 0.225 e. The Bertz CT molecular complexity index is 896. The summed E-state index contributed by atoms with van der Waals surface area (Å²) in [4.78, 5) is 43.7. The van der Waals surface area contributed by atoms with E-state index in [0.29, 0.717) is 24.7 Å². The van der Waals surface area contributed by atoms with Gasteiger partial charge < -0.3 is 24.6 Å². The van der Waals surface area contributed by atoms with Crippen molar-refractivity contribution in [1.82, 2.24) is 15.1 Å². The third-order valence-electron chi connectivity index (χ3n) is 8.53. The van der Waals surface area contributed by atoms with Crippen molar-refractivity contribution in [3.8, 4) is 0 Å². The molecular formula is C33H58FN3O6. The van der Waals surface area contributed by atoms with Crippen LogP contribution in [0, 0.1) is 17.8 Å². The van der Waals surface area contributed by atoms with Gasteiger partial charge in [0.15, 0.2) is 0 Å². The first-order chi connectivity index (χ1) is 20.5. The second-order valence-electron chi connectivity index (χ2n) is 12.5. The lowest BCUT2D eigenvalue weighted by Crippen LogP contribution is -2.52. The van der Waals surface area contributed by atoms with Crippen molar-refractivity contribution in [1.29, 1.82) is 0 Å². The Morgan fingerprint density at radius 3 is 2.33 bits per heavy atom. The summed E-state index contributed by atoms with van der Waals surface area (Å²) in [6.45, 7) is 13.6. The van der Waals surface area contributed by atoms with Gasteiger partial charge in [-0.15, -0.1) is 0 Å². The first-order valence-electron chi connectivity index (χ1n) is 15.9. The van der Waals surface area contributed by atoms with E-state index in [1.807, 2.05) is 35.1 Å². The predicted octanol–water partition coefficient (Wildman–Crippen LogP) is 5.25. The normalized spacial score (nSPS) is 20.0. The van der Waals surface area contributed by atoms with E-state index >= 15 is 0 Å². The molecule has 0 aromatic heterocycles. The highest BCUT2D eigenvalue weighted by Gasteiger charge is 2.39. The number of nitrogens with one attached hydrogen (secondary N) is 1. The molecule has 6 atom stereocenters. The first-order valence-corrected chi connectivity index (χ1v) is 15.9. The van der Waals surface area contributed by atoms with Crippen LogP contribution >= 0.6 is 0 Å². The van der Waals surface area contributed by atoms with Crippen LogP contribution in [0.1, 0.15) is 86.5 Å². The SMILES string of the molecule is CCC(C)C(C(CC(=O)N1CCC[C@H]1C(OC)C(C)C)OC)N(C)C(=O)CC(C)C.O=CNCC(OF)C1=CCCC=C1. The van der Waals surface area contributed by atoms with E-state index in [-0.39, 0.29) is 55.0 Å². The number of ether oxygens (including phenoxy) is 2. The predicted molar refractivity (Wildman–Crippen MR) is 168 cm³/mol.